The number of hydrogen-bond donors (Lipinski definition) is 2. The summed E-state index contributed by atoms with van der Waals surface area (Å²) in [6, 6.07) is 18.2. The lowest BCUT2D eigenvalue weighted by Gasteiger charge is -2.05. The molecule has 2 rings (SSSR count). The second-order valence-electron chi connectivity index (χ2n) is 4.12. The Hall–Kier alpha value is -2.17. The molecule has 0 aliphatic heterocycles. The van der Waals surface area contributed by atoms with Crippen molar-refractivity contribution in [1.82, 2.24) is 5.43 Å². The van der Waals surface area contributed by atoms with Gasteiger partial charge in [-0.2, -0.15) is 0 Å². The van der Waals surface area contributed by atoms with Crippen LogP contribution in [0.2, 0.25) is 0 Å². The number of rotatable bonds is 5. The molecule has 0 heterocycles. The summed E-state index contributed by atoms with van der Waals surface area (Å²) < 4.78 is 5.23. The Morgan fingerprint density at radius 3 is 2.26 bits per heavy atom. The fraction of sp³-hybridized carbons (Fsp3) is 0.133. The predicted octanol–water partition coefficient (Wildman–Crippen LogP) is 1.86. The van der Waals surface area contributed by atoms with Gasteiger partial charge < -0.3 is 4.74 Å². The zero-order valence-corrected chi connectivity index (χ0v) is 10.5. The maximum atomic E-state index is 10.9. The van der Waals surface area contributed by atoms with Crippen LogP contribution in [0, 0.1) is 0 Å². The summed E-state index contributed by atoms with van der Waals surface area (Å²) >= 11 is 0. The van der Waals surface area contributed by atoms with E-state index in [1.54, 1.807) is 0 Å². The Kier molecular flexibility index (Phi) is 4.66. The first-order chi connectivity index (χ1) is 9.29. The van der Waals surface area contributed by atoms with Crippen molar-refractivity contribution in [3.63, 3.8) is 0 Å². The summed E-state index contributed by atoms with van der Waals surface area (Å²) in [7, 11) is 0. The van der Waals surface area contributed by atoms with Crippen LogP contribution in [0.15, 0.2) is 54.6 Å². The third kappa shape index (κ3) is 3.91. The molecule has 0 unspecified atom stereocenters. The molecule has 2 aromatic rings. The Bertz CT molecular complexity index is 524. The van der Waals surface area contributed by atoms with E-state index in [0.717, 1.165) is 11.1 Å². The Labute approximate surface area is 112 Å². The van der Waals surface area contributed by atoms with Gasteiger partial charge in [-0.25, -0.2) is 5.84 Å². The molecule has 4 nitrogen and oxygen atoms in total. The summed E-state index contributed by atoms with van der Waals surface area (Å²) in [6.07, 6.45) is 0. The lowest BCUT2D eigenvalue weighted by Crippen LogP contribution is -2.33. The summed E-state index contributed by atoms with van der Waals surface area (Å²) in [6.45, 7) is 0.361. The first kappa shape index (κ1) is 13.3. The van der Waals surface area contributed by atoms with E-state index in [-0.39, 0.29) is 12.5 Å². The van der Waals surface area contributed by atoms with Crippen LogP contribution in [-0.2, 0) is 16.1 Å². The molecule has 1 amide bonds. The standard InChI is InChI=1S/C15H16N2O2/c16-17-15(18)11-19-10-12-6-8-14(9-7-12)13-4-2-1-3-5-13/h1-9H,10-11,16H2,(H,17,18). The van der Waals surface area contributed by atoms with E-state index in [1.807, 2.05) is 47.9 Å². The predicted molar refractivity (Wildman–Crippen MR) is 73.9 cm³/mol. The number of nitrogens with one attached hydrogen (secondary N) is 1. The highest BCUT2D eigenvalue weighted by atomic mass is 16.5. The minimum absolute atomic E-state index is 0.0308. The van der Waals surface area contributed by atoms with Crippen LogP contribution >= 0.6 is 0 Å². The monoisotopic (exact) mass is 256 g/mol. The molecule has 0 bridgehead atoms. The third-order valence-corrected chi connectivity index (χ3v) is 2.72. The topological polar surface area (TPSA) is 64.3 Å². The number of nitrogens with two attached hydrogens (primary N) is 1. The largest absolute Gasteiger partial charge is 0.367 e. The van der Waals surface area contributed by atoms with Gasteiger partial charge in [-0.3, -0.25) is 10.2 Å². The summed E-state index contributed by atoms with van der Waals surface area (Å²) in [4.78, 5) is 10.9. The molecule has 98 valence electrons. The van der Waals surface area contributed by atoms with Crippen molar-refractivity contribution in [1.29, 1.82) is 0 Å². The highest BCUT2D eigenvalue weighted by Gasteiger charge is 2.00. The van der Waals surface area contributed by atoms with Crippen LogP contribution in [-0.4, -0.2) is 12.5 Å². The molecule has 19 heavy (non-hydrogen) atoms. The van der Waals surface area contributed by atoms with Crippen molar-refractivity contribution in [2.75, 3.05) is 6.61 Å². The van der Waals surface area contributed by atoms with Crippen molar-refractivity contribution in [2.45, 2.75) is 6.61 Å². The molecule has 0 radical (unpaired) electrons. The Morgan fingerprint density at radius 2 is 1.63 bits per heavy atom. The zero-order valence-electron chi connectivity index (χ0n) is 10.5. The van der Waals surface area contributed by atoms with E-state index >= 15 is 0 Å². The van der Waals surface area contributed by atoms with Gasteiger partial charge in [0.1, 0.15) is 6.61 Å². The second kappa shape index (κ2) is 6.68. The fourth-order valence-corrected chi connectivity index (χ4v) is 1.73. The average Bonchev–Trinajstić information content (AvgIpc) is 2.48. The van der Waals surface area contributed by atoms with Crippen molar-refractivity contribution in [3.05, 3.63) is 60.2 Å². The maximum absolute atomic E-state index is 10.9. The molecule has 4 heteroatoms. The van der Waals surface area contributed by atoms with Gasteiger partial charge in [0.25, 0.3) is 5.91 Å². The van der Waals surface area contributed by atoms with Crippen molar-refractivity contribution in [2.24, 2.45) is 5.84 Å². The van der Waals surface area contributed by atoms with Crippen molar-refractivity contribution in [3.8, 4) is 11.1 Å². The number of carbonyl (C=O) groups is 1. The molecular formula is C15H16N2O2. The van der Waals surface area contributed by atoms with E-state index < -0.39 is 0 Å². The van der Waals surface area contributed by atoms with E-state index in [4.69, 9.17) is 10.6 Å². The van der Waals surface area contributed by atoms with E-state index in [0.29, 0.717) is 6.61 Å². The van der Waals surface area contributed by atoms with Crippen LogP contribution in [0.4, 0.5) is 0 Å². The number of ether oxygens (including phenoxy) is 1. The van der Waals surface area contributed by atoms with Gasteiger partial charge in [-0.1, -0.05) is 54.6 Å². The van der Waals surface area contributed by atoms with Crippen LogP contribution in [0.5, 0.6) is 0 Å². The maximum Gasteiger partial charge on any atom is 0.259 e. The molecule has 0 saturated heterocycles. The van der Waals surface area contributed by atoms with Gasteiger partial charge in [0.05, 0.1) is 6.61 Å². The lowest BCUT2D eigenvalue weighted by molar-refractivity contribution is -0.126. The number of hydrazine groups is 1. The van der Waals surface area contributed by atoms with Crippen LogP contribution in [0.1, 0.15) is 5.56 Å². The van der Waals surface area contributed by atoms with E-state index in [2.05, 4.69) is 12.1 Å². The van der Waals surface area contributed by atoms with Gasteiger partial charge in [0.2, 0.25) is 0 Å². The highest BCUT2D eigenvalue weighted by Crippen LogP contribution is 2.19. The van der Waals surface area contributed by atoms with Crippen LogP contribution < -0.4 is 11.3 Å². The Morgan fingerprint density at radius 1 is 1.00 bits per heavy atom. The summed E-state index contributed by atoms with van der Waals surface area (Å²) in [5.74, 6) is 4.62. The molecule has 0 aliphatic carbocycles. The minimum atomic E-state index is -0.332. The number of carbonyl (C=O) groups excluding carboxylic acids is 1. The molecule has 0 aromatic heterocycles. The number of hydrogen-bond acceptors (Lipinski definition) is 3. The lowest BCUT2D eigenvalue weighted by atomic mass is 10.0. The smallest absolute Gasteiger partial charge is 0.259 e. The van der Waals surface area contributed by atoms with Crippen molar-refractivity contribution >= 4 is 5.91 Å². The van der Waals surface area contributed by atoms with Gasteiger partial charge in [-0.05, 0) is 16.7 Å². The molecule has 0 fully saturated rings. The quantitative estimate of drug-likeness (QED) is 0.487. The second-order valence-corrected chi connectivity index (χ2v) is 4.12. The number of benzene rings is 2. The molecule has 0 spiro atoms. The SMILES string of the molecule is NNC(=O)COCc1ccc(-c2ccccc2)cc1. The molecule has 2 aromatic carbocycles. The Balaban J connectivity index is 1.94. The van der Waals surface area contributed by atoms with Gasteiger partial charge >= 0.3 is 0 Å². The first-order valence-electron chi connectivity index (χ1n) is 6.01. The average molecular weight is 256 g/mol. The van der Waals surface area contributed by atoms with Crippen molar-refractivity contribution < 1.29 is 9.53 Å². The van der Waals surface area contributed by atoms with E-state index in [9.17, 15) is 4.79 Å². The zero-order chi connectivity index (χ0) is 13.5. The fourth-order valence-electron chi connectivity index (χ4n) is 1.73. The number of amides is 1. The molecule has 0 aliphatic rings. The highest BCUT2D eigenvalue weighted by molar-refractivity contribution is 5.76. The normalized spacial score (nSPS) is 10.2. The van der Waals surface area contributed by atoms with Gasteiger partial charge in [-0.15, -0.1) is 0 Å². The third-order valence-electron chi connectivity index (χ3n) is 2.72. The van der Waals surface area contributed by atoms with Crippen LogP contribution in [0.25, 0.3) is 11.1 Å². The van der Waals surface area contributed by atoms with Gasteiger partial charge in [0.15, 0.2) is 0 Å². The van der Waals surface area contributed by atoms with E-state index in [1.165, 1.54) is 5.56 Å². The first-order valence-corrected chi connectivity index (χ1v) is 6.01. The molecule has 0 atom stereocenters. The summed E-state index contributed by atoms with van der Waals surface area (Å²) in [5.41, 5.74) is 5.37. The summed E-state index contributed by atoms with van der Waals surface area (Å²) in [5, 5.41) is 0. The molecule has 3 N–H and O–H groups in total. The van der Waals surface area contributed by atoms with Crippen LogP contribution in [0.3, 0.4) is 0 Å². The van der Waals surface area contributed by atoms with Gasteiger partial charge in [0, 0.05) is 0 Å². The molecule has 0 saturated carbocycles. The minimum Gasteiger partial charge on any atom is -0.367 e. The molecular weight excluding hydrogens is 240 g/mol.